The quantitative estimate of drug-likeness (QED) is 0.808. The second-order valence-corrected chi connectivity index (χ2v) is 7.87. The maximum Gasteiger partial charge on any atom is 0.223 e. The molecule has 126 valence electrons. The SMILES string of the molecule is CC1=C[C@@H](CO)[C@H](C(C)C)C[C@H]1CC(=O)N1CCC(C)CC1. The average molecular weight is 307 g/mol. The molecule has 1 aliphatic carbocycles. The van der Waals surface area contributed by atoms with Crippen LogP contribution in [0.4, 0.5) is 0 Å². The number of hydrogen-bond acceptors (Lipinski definition) is 2. The minimum atomic E-state index is 0.227. The maximum absolute atomic E-state index is 12.6. The maximum atomic E-state index is 12.6. The van der Waals surface area contributed by atoms with Crippen molar-refractivity contribution in [2.75, 3.05) is 19.7 Å². The van der Waals surface area contributed by atoms with E-state index in [1.54, 1.807) is 0 Å². The highest BCUT2D eigenvalue weighted by molar-refractivity contribution is 5.77. The van der Waals surface area contributed by atoms with E-state index in [1.165, 1.54) is 5.57 Å². The molecule has 3 nitrogen and oxygen atoms in total. The third-order valence-corrected chi connectivity index (χ3v) is 5.85. The standard InChI is InChI=1S/C19H33NO2/c1-13(2)18-10-16(15(4)9-17(18)12-21)11-19(22)20-7-5-14(3)6-8-20/h9,13-14,16-18,21H,5-8,10-12H2,1-4H3/t16-,17-,18-/m0/s1. The Morgan fingerprint density at radius 1 is 1.36 bits per heavy atom. The molecule has 1 N–H and O–H groups in total. The lowest BCUT2D eigenvalue weighted by Crippen LogP contribution is -2.39. The van der Waals surface area contributed by atoms with Crippen LogP contribution in [0.3, 0.4) is 0 Å². The first kappa shape index (κ1) is 17.5. The molecule has 0 radical (unpaired) electrons. The minimum absolute atomic E-state index is 0.227. The Morgan fingerprint density at radius 3 is 2.55 bits per heavy atom. The van der Waals surface area contributed by atoms with Crippen molar-refractivity contribution < 1.29 is 9.90 Å². The molecule has 0 bridgehead atoms. The lowest BCUT2D eigenvalue weighted by atomic mass is 9.70. The fraction of sp³-hybridized carbons (Fsp3) is 0.842. The summed E-state index contributed by atoms with van der Waals surface area (Å²) in [6, 6.07) is 0. The van der Waals surface area contributed by atoms with Crippen LogP contribution in [0.25, 0.3) is 0 Å². The third-order valence-electron chi connectivity index (χ3n) is 5.85. The molecule has 0 aromatic rings. The zero-order valence-corrected chi connectivity index (χ0v) is 14.7. The van der Waals surface area contributed by atoms with Gasteiger partial charge in [0.1, 0.15) is 0 Å². The van der Waals surface area contributed by atoms with E-state index in [9.17, 15) is 9.90 Å². The highest BCUT2D eigenvalue weighted by Crippen LogP contribution is 2.39. The van der Waals surface area contributed by atoms with Crippen molar-refractivity contribution in [1.82, 2.24) is 4.90 Å². The predicted octanol–water partition coefficient (Wildman–Crippen LogP) is 3.48. The second-order valence-electron chi connectivity index (χ2n) is 7.87. The molecule has 0 unspecified atom stereocenters. The Bertz CT molecular complexity index is 408. The second kappa shape index (κ2) is 7.63. The number of rotatable bonds is 4. The number of carbonyl (C=O) groups excluding carboxylic acids is 1. The predicted molar refractivity (Wildman–Crippen MR) is 90.4 cm³/mol. The van der Waals surface area contributed by atoms with Crippen LogP contribution >= 0.6 is 0 Å². The molecule has 1 aliphatic heterocycles. The van der Waals surface area contributed by atoms with Crippen molar-refractivity contribution in [2.24, 2.45) is 29.6 Å². The van der Waals surface area contributed by atoms with Crippen LogP contribution in [-0.4, -0.2) is 35.6 Å². The van der Waals surface area contributed by atoms with Crippen LogP contribution in [0, 0.1) is 29.6 Å². The third kappa shape index (κ3) is 4.13. The molecule has 0 aromatic heterocycles. The number of piperidine rings is 1. The Hall–Kier alpha value is -0.830. The first-order valence-corrected chi connectivity index (χ1v) is 8.99. The van der Waals surface area contributed by atoms with Gasteiger partial charge in [0.05, 0.1) is 0 Å². The summed E-state index contributed by atoms with van der Waals surface area (Å²) in [7, 11) is 0. The van der Waals surface area contributed by atoms with Crippen molar-refractivity contribution in [2.45, 2.75) is 53.4 Å². The smallest absolute Gasteiger partial charge is 0.223 e. The zero-order chi connectivity index (χ0) is 16.3. The van der Waals surface area contributed by atoms with Crippen molar-refractivity contribution in [3.8, 4) is 0 Å². The molecule has 1 heterocycles. The van der Waals surface area contributed by atoms with Crippen LogP contribution in [-0.2, 0) is 4.79 Å². The van der Waals surface area contributed by atoms with Gasteiger partial charge in [-0.15, -0.1) is 0 Å². The fourth-order valence-corrected chi connectivity index (χ4v) is 4.08. The van der Waals surface area contributed by atoms with E-state index in [0.29, 0.717) is 30.1 Å². The Morgan fingerprint density at radius 2 is 2.00 bits per heavy atom. The average Bonchev–Trinajstić information content (AvgIpc) is 2.49. The summed E-state index contributed by atoms with van der Waals surface area (Å²) in [6.45, 7) is 11.0. The lowest BCUT2D eigenvalue weighted by molar-refractivity contribution is -0.133. The van der Waals surface area contributed by atoms with Crippen LogP contribution in [0.5, 0.6) is 0 Å². The molecule has 0 saturated carbocycles. The first-order valence-electron chi connectivity index (χ1n) is 8.99. The Balaban J connectivity index is 1.98. The van der Waals surface area contributed by atoms with Crippen molar-refractivity contribution in [3.63, 3.8) is 0 Å². The number of allylic oxidation sites excluding steroid dienone is 1. The molecule has 2 aliphatic rings. The van der Waals surface area contributed by atoms with Crippen LogP contribution in [0.1, 0.15) is 53.4 Å². The fourth-order valence-electron chi connectivity index (χ4n) is 4.08. The van der Waals surface area contributed by atoms with E-state index in [2.05, 4.69) is 38.7 Å². The normalized spacial score (nSPS) is 30.5. The molecule has 1 amide bonds. The topological polar surface area (TPSA) is 40.5 Å². The summed E-state index contributed by atoms with van der Waals surface area (Å²) in [5.74, 6) is 2.76. The largest absolute Gasteiger partial charge is 0.396 e. The van der Waals surface area contributed by atoms with Gasteiger partial charge in [0, 0.05) is 32.0 Å². The molecule has 22 heavy (non-hydrogen) atoms. The molecule has 1 fully saturated rings. The van der Waals surface area contributed by atoms with E-state index in [-0.39, 0.29) is 12.5 Å². The highest BCUT2D eigenvalue weighted by atomic mass is 16.3. The van der Waals surface area contributed by atoms with Crippen LogP contribution < -0.4 is 0 Å². The Labute approximate surface area is 135 Å². The van der Waals surface area contributed by atoms with Gasteiger partial charge in [-0.1, -0.05) is 32.4 Å². The molecular weight excluding hydrogens is 274 g/mol. The van der Waals surface area contributed by atoms with Gasteiger partial charge in [-0.2, -0.15) is 0 Å². The number of likely N-dealkylation sites (tertiary alicyclic amines) is 1. The van der Waals surface area contributed by atoms with Crippen LogP contribution in [0.15, 0.2) is 11.6 Å². The van der Waals surface area contributed by atoms with E-state index < -0.39 is 0 Å². The van der Waals surface area contributed by atoms with Gasteiger partial charge in [0.15, 0.2) is 0 Å². The molecule has 0 aromatic carbocycles. The van der Waals surface area contributed by atoms with Crippen molar-refractivity contribution in [3.05, 3.63) is 11.6 Å². The molecule has 3 atom stereocenters. The summed E-state index contributed by atoms with van der Waals surface area (Å²) in [5, 5.41) is 9.61. The number of amides is 1. The van der Waals surface area contributed by atoms with Gasteiger partial charge in [0.2, 0.25) is 5.91 Å². The molecular formula is C19H33NO2. The highest BCUT2D eigenvalue weighted by Gasteiger charge is 2.33. The number of aliphatic hydroxyl groups excluding tert-OH is 1. The summed E-state index contributed by atoms with van der Waals surface area (Å²) in [6.07, 6.45) is 6.21. The van der Waals surface area contributed by atoms with Crippen LogP contribution in [0.2, 0.25) is 0 Å². The molecule has 0 spiro atoms. The summed E-state index contributed by atoms with van der Waals surface area (Å²) < 4.78 is 0. The van der Waals surface area contributed by atoms with Gasteiger partial charge in [-0.05, 0) is 49.9 Å². The van der Waals surface area contributed by atoms with Gasteiger partial charge in [-0.3, -0.25) is 4.79 Å². The van der Waals surface area contributed by atoms with Gasteiger partial charge < -0.3 is 10.0 Å². The zero-order valence-electron chi connectivity index (χ0n) is 14.7. The summed E-state index contributed by atoms with van der Waals surface area (Å²) >= 11 is 0. The number of carbonyl (C=O) groups is 1. The van der Waals surface area contributed by atoms with Crippen molar-refractivity contribution in [1.29, 1.82) is 0 Å². The molecule has 3 heteroatoms. The number of aliphatic hydroxyl groups is 1. The summed E-state index contributed by atoms with van der Waals surface area (Å²) in [4.78, 5) is 14.7. The Kier molecular flexibility index (Phi) is 6.08. The van der Waals surface area contributed by atoms with E-state index >= 15 is 0 Å². The number of nitrogens with zero attached hydrogens (tertiary/aromatic N) is 1. The summed E-state index contributed by atoms with van der Waals surface area (Å²) in [5.41, 5.74) is 1.30. The minimum Gasteiger partial charge on any atom is -0.396 e. The number of hydrogen-bond donors (Lipinski definition) is 1. The van der Waals surface area contributed by atoms with Gasteiger partial charge >= 0.3 is 0 Å². The van der Waals surface area contributed by atoms with E-state index in [1.807, 2.05) is 0 Å². The van der Waals surface area contributed by atoms with Gasteiger partial charge in [-0.25, -0.2) is 0 Å². The van der Waals surface area contributed by atoms with Gasteiger partial charge in [0.25, 0.3) is 0 Å². The first-order chi connectivity index (χ1) is 10.4. The van der Waals surface area contributed by atoms with Crippen molar-refractivity contribution >= 4 is 5.91 Å². The van der Waals surface area contributed by atoms with E-state index in [4.69, 9.17) is 0 Å². The monoisotopic (exact) mass is 307 g/mol. The lowest BCUT2D eigenvalue weighted by Gasteiger charge is -2.37. The molecule has 2 rings (SSSR count). The molecule has 1 saturated heterocycles. The van der Waals surface area contributed by atoms with E-state index in [0.717, 1.165) is 38.3 Å².